The van der Waals surface area contributed by atoms with Crippen molar-refractivity contribution in [3.8, 4) is 5.75 Å². The first-order valence-electron chi connectivity index (χ1n) is 5.69. The summed E-state index contributed by atoms with van der Waals surface area (Å²) in [5.41, 5.74) is 5.80. The first-order chi connectivity index (χ1) is 9.26. The zero-order valence-electron chi connectivity index (χ0n) is 10.4. The first-order valence-corrected chi connectivity index (χ1v) is 5.69. The minimum Gasteiger partial charge on any atom is -0.406 e. The zero-order valence-corrected chi connectivity index (χ0v) is 10.4. The maximum Gasteiger partial charge on any atom is 0.573 e. The van der Waals surface area contributed by atoms with Crippen LogP contribution in [0, 0.1) is 0 Å². The molecule has 0 saturated carbocycles. The van der Waals surface area contributed by atoms with Gasteiger partial charge in [0.1, 0.15) is 11.6 Å². The van der Waals surface area contributed by atoms with Crippen LogP contribution in [0.4, 0.5) is 19.0 Å². The Balaban J connectivity index is 2.22. The number of aromatic amines is 1. The first kappa shape index (κ1) is 14.0. The van der Waals surface area contributed by atoms with E-state index in [4.69, 9.17) is 5.73 Å². The predicted molar refractivity (Wildman–Crippen MR) is 66.4 cm³/mol. The van der Waals surface area contributed by atoms with Crippen molar-refractivity contribution in [3.05, 3.63) is 46.2 Å². The van der Waals surface area contributed by atoms with Crippen molar-refractivity contribution in [1.29, 1.82) is 0 Å². The van der Waals surface area contributed by atoms with Gasteiger partial charge < -0.3 is 10.5 Å². The normalized spacial score (nSPS) is 13.2. The van der Waals surface area contributed by atoms with E-state index in [0.29, 0.717) is 5.56 Å². The highest BCUT2D eigenvalue weighted by Gasteiger charge is 2.31. The van der Waals surface area contributed by atoms with E-state index in [1.165, 1.54) is 35.0 Å². The van der Waals surface area contributed by atoms with Crippen LogP contribution >= 0.6 is 0 Å². The number of hydrogen-bond donors (Lipinski definition) is 2. The molecule has 0 amide bonds. The van der Waals surface area contributed by atoms with Gasteiger partial charge >= 0.3 is 6.36 Å². The van der Waals surface area contributed by atoms with Crippen LogP contribution in [0.15, 0.2) is 35.1 Å². The Morgan fingerprint density at radius 3 is 2.35 bits per heavy atom. The van der Waals surface area contributed by atoms with Crippen molar-refractivity contribution in [2.45, 2.75) is 19.3 Å². The largest absolute Gasteiger partial charge is 0.573 e. The quantitative estimate of drug-likeness (QED) is 0.909. The molecule has 0 aliphatic heterocycles. The van der Waals surface area contributed by atoms with Gasteiger partial charge in [-0.3, -0.25) is 9.89 Å². The van der Waals surface area contributed by atoms with Gasteiger partial charge in [0.05, 0.1) is 6.04 Å². The molecule has 0 spiro atoms. The van der Waals surface area contributed by atoms with Crippen molar-refractivity contribution in [2.75, 3.05) is 5.73 Å². The van der Waals surface area contributed by atoms with Crippen molar-refractivity contribution in [2.24, 2.45) is 0 Å². The highest BCUT2D eigenvalue weighted by Crippen LogP contribution is 2.25. The van der Waals surface area contributed by atoms with E-state index in [1.807, 2.05) is 0 Å². The summed E-state index contributed by atoms with van der Waals surface area (Å²) >= 11 is 0. The molecule has 3 N–H and O–H groups in total. The Labute approximate surface area is 111 Å². The molecule has 20 heavy (non-hydrogen) atoms. The van der Waals surface area contributed by atoms with Crippen LogP contribution < -0.4 is 16.0 Å². The number of nitrogens with one attached hydrogen (secondary N) is 1. The van der Waals surface area contributed by atoms with E-state index in [2.05, 4.69) is 9.84 Å². The molecule has 0 fully saturated rings. The van der Waals surface area contributed by atoms with Gasteiger partial charge in [-0.2, -0.15) is 0 Å². The topological polar surface area (TPSA) is 73.0 Å². The Morgan fingerprint density at radius 1 is 1.30 bits per heavy atom. The van der Waals surface area contributed by atoms with Crippen LogP contribution in [-0.4, -0.2) is 16.1 Å². The van der Waals surface area contributed by atoms with E-state index < -0.39 is 6.36 Å². The predicted octanol–water partition coefficient (Wildman–Crippen LogP) is 2.27. The van der Waals surface area contributed by atoms with E-state index in [-0.39, 0.29) is 23.2 Å². The van der Waals surface area contributed by atoms with Gasteiger partial charge in [0.15, 0.2) is 0 Å². The number of benzene rings is 1. The van der Waals surface area contributed by atoms with Crippen molar-refractivity contribution in [1.82, 2.24) is 9.78 Å². The fourth-order valence-corrected chi connectivity index (χ4v) is 1.81. The van der Waals surface area contributed by atoms with Crippen LogP contribution in [0.2, 0.25) is 0 Å². The molecule has 0 saturated heterocycles. The van der Waals surface area contributed by atoms with Crippen LogP contribution in [0.1, 0.15) is 18.5 Å². The summed E-state index contributed by atoms with van der Waals surface area (Å²) in [5.74, 6) is -0.0920. The third-order valence-electron chi connectivity index (χ3n) is 2.75. The molecule has 1 heterocycles. The lowest BCUT2D eigenvalue weighted by molar-refractivity contribution is -0.274. The monoisotopic (exact) mass is 287 g/mol. The zero-order chi connectivity index (χ0) is 14.9. The van der Waals surface area contributed by atoms with E-state index in [0.717, 1.165) is 0 Å². The fourth-order valence-electron chi connectivity index (χ4n) is 1.81. The number of nitrogen functional groups attached to an aromatic ring is 1. The fraction of sp³-hybridized carbons (Fsp3) is 0.250. The molecular formula is C12H12F3N3O2. The van der Waals surface area contributed by atoms with Gasteiger partial charge in [-0.1, -0.05) is 12.1 Å². The second kappa shape index (κ2) is 4.95. The summed E-state index contributed by atoms with van der Waals surface area (Å²) in [4.78, 5) is 11.6. The molecule has 108 valence electrons. The number of anilines is 1. The van der Waals surface area contributed by atoms with Crippen molar-refractivity contribution >= 4 is 5.82 Å². The Hall–Kier alpha value is -2.38. The summed E-state index contributed by atoms with van der Waals surface area (Å²) in [6.45, 7) is 1.72. The molecule has 0 aliphatic rings. The number of H-pyrrole nitrogens is 1. The van der Waals surface area contributed by atoms with E-state index in [1.54, 1.807) is 6.92 Å². The Kier molecular flexibility index (Phi) is 3.47. The van der Waals surface area contributed by atoms with Crippen LogP contribution in [-0.2, 0) is 0 Å². The average molecular weight is 287 g/mol. The number of halogens is 3. The molecule has 2 aromatic rings. The van der Waals surface area contributed by atoms with Crippen molar-refractivity contribution in [3.63, 3.8) is 0 Å². The number of alkyl halides is 3. The molecule has 8 heteroatoms. The summed E-state index contributed by atoms with van der Waals surface area (Å²) in [7, 11) is 0. The van der Waals surface area contributed by atoms with Gasteiger partial charge in [-0.05, 0) is 24.6 Å². The molecule has 0 aliphatic carbocycles. The number of nitrogens with zero attached hydrogens (tertiary/aromatic N) is 1. The molecule has 1 atom stereocenters. The smallest absolute Gasteiger partial charge is 0.406 e. The highest BCUT2D eigenvalue weighted by atomic mass is 19.4. The maximum atomic E-state index is 12.0. The lowest BCUT2D eigenvalue weighted by Gasteiger charge is -2.14. The molecule has 5 nitrogen and oxygen atoms in total. The Morgan fingerprint density at radius 2 is 1.90 bits per heavy atom. The number of ether oxygens (including phenoxy) is 1. The minimum atomic E-state index is -4.72. The van der Waals surface area contributed by atoms with Crippen LogP contribution in [0.25, 0.3) is 0 Å². The summed E-state index contributed by atoms with van der Waals surface area (Å²) in [6, 6.07) is 6.13. The van der Waals surface area contributed by atoms with E-state index in [9.17, 15) is 18.0 Å². The Bertz CT molecular complexity index is 643. The number of aromatic nitrogens is 2. The van der Waals surface area contributed by atoms with E-state index >= 15 is 0 Å². The SMILES string of the molecule is CC(c1ccc(OC(F)(F)F)cc1)n1[nH]c(N)cc1=O. The van der Waals surface area contributed by atoms with Gasteiger partial charge in [0, 0.05) is 6.07 Å². The number of nitrogens with two attached hydrogens (primary N) is 1. The van der Waals surface area contributed by atoms with Crippen LogP contribution in [0.3, 0.4) is 0 Å². The lowest BCUT2D eigenvalue weighted by Crippen LogP contribution is -2.21. The molecule has 1 unspecified atom stereocenters. The molecule has 1 aromatic carbocycles. The third-order valence-corrected chi connectivity index (χ3v) is 2.75. The van der Waals surface area contributed by atoms with Gasteiger partial charge in [0.25, 0.3) is 5.56 Å². The highest BCUT2D eigenvalue weighted by molar-refractivity contribution is 5.30. The second-order valence-electron chi connectivity index (χ2n) is 4.21. The summed E-state index contributed by atoms with van der Waals surface area (Å²) in [6.07, 6.45) is -4.72. The second-order valence-corrected chi connectivity index (χ2v) is 4.21. The molecule has 0 radical (unpaired) electrons. The molecular weight excluding hydrogens is 275 g/mol. The average Bonchev–Trinajstić information content (AvgIpc) is 2.66. The lowest BCUT2D eigenvalue weighted by atomic mass is 10.1. The third kappa shape index (κ3) is 3.14. The minimum absolute atomic E-state index is 0.221. The molecule has 0 bridgehead atoms. The molecule has 2 rings (SSSR count). The summed E-state index contributed by atoms with van der Waals surface area (Å²) < 4.78 is 41.2. The van der Waals surface area contributed by atoms with Crippen LogP contribution in [0.5, 0.6) is 5.75 Å². The molecule has 1 aromatic heterocycles. The standard InChI is InChI=1S/C12H12F3N3O2/c1-7(18-11(19)6-10(16)17-18)8-2-4-9(5-3-8)20-12(13,14)15/h2-7,17H,16H2,1H3. The van der Waals surface area contributed by atoms with Gasteiger partial charge in [0.2, 0.25) is 0 Å². The van der Waals surface area contributed by atoms with Gasteiger partial charge in [-0.25, -0.2) is 4.68 Å². The van der Waals surface area contributed by atoms with Crippen molar-refractivity contribution < 1.29 is 17.9 Å². The summed E-state index contributed by atoms with van der Waals surface area (Å²) in [5, 5.41) is 2.67. The maximum absolute atomic E-state index is 12.0. The number of hydrogen-bond acceptors (Lipinski definition) is 3. The van der Waals surface area contributed by atoms with Gasteiger partial charge in [-0.15, -0.1) is 13.2 Å². The number of rotatable bonds is 3.